The number of nitrogens with zero attached hydrogens (tertiary/aromatic N) is 5. The third-order valence-corrected chi connectivity index (χ3v) is 4.94. The summed E-state index contributed by atoms with van der Waals surface area (Å²) < 4.78 is 2.43. The van der Waals surface area contributed by atoms with Gasteiger partial charge < -0.3 is 5.11 Å². The highest BCUT2D eigenvalue weighted by atomic mass is 32.2. The van der Waals surface area contributed by atoms with Crippen LogP contribution in [0.15, 0.2) is 21.8 Å². The first-order chi connectivity index (χ1) is 10.0. The molecule has 0 fully saturated rings. The molecule has 0 saturated heterocycles. The lowest BCUT2D eigenvalue weighted by Gasteiger charge is -2.02. The Balaban J connectivity index is 1.95. The van der Waals surface area contributed by atoms with Crippen molar-refractivity contribution in [2.45, 2.75) is 29.6 Å². The minimum atomic E-state index is -0.850. The topological polar surface area (TPSA) is 93.3 Å². The van der Waals surface area contributed by atoms with Gasteiger partial charge in [-0.15, -0.1) is 11.3 Å². The Morgan fingerprint density at radius 3 is 3.00 bits per heavy atom. The molecule has 1 N–H and O–H groups in total. The predicted octanol–water partition coefficient (Wildman–Crippen LogP) is 1.98. The highest BCUT2D eigenvalue weighted by Gasteiger charge is 2.14. The van der Waals surface area contributed by atoms with Crippen molar-refractivity contribution in [3.8, 4) is 0 Å². The van der Waals surface area contributed by atoms with Crippen molar-refractivity contribution in [3.63, 3.8) is 0 Å². The number of carboxylic acid groups (broad SMARTS) is 1. The minimum Gasteiger partial charge on any atom is -0.481 e. The van der Waals surface area contributed by atoms with E-state index in [-0.39, 0.29) is 6.42 Å². The van der Waals surface area contributed by atoms with Crippen molar-refractivity contribution in [1.29, 1.82) is 0 Å². The van der Waals surface area contributed by atoms with Crippen LogP contribution in [-0.4, -0.2) is 35.6 Å². The van der Waals surface area contributed by atoms with Crippen LogP contribution in [0.2, 0.25) is 0 Å². The Bertz CT molecular complexity index is 826. The third kappa shape index (κ3) is 2.88. The second-order valence-corrected chi connectivity index (χ2v) is 6.72. The molecule has 3 heterocycles. The average Bonchev–Trinajstić information content (AvgIpc) is 2.96. The van der Waals surface area contributed by atoms with Gasteiger partial charge in [0.05, 0.1) is 12.1 Å². The number of thiazole rings is 1. The molecular weight excluding hydrogens is 310 g/mol. The van der Waals surface area contributed by atoms with Crippen LogP contribution in [0.3, 0.4) is 0 Å². The molecule has 21 heavy (non-hydrogen) atoms. The molecule has 0 spiro atoms. The summed E-state index contributed by atoms with van der Waals surface area (Å²) in [5, 5.41) is 13.9. The van der Waals surface area contributed by atoms with Gasteiger partial charge in [0.15, 0.2) is 4.34 Å². The van der Waals surface area contributed by atoms with Crippen LogP contribution >= 0.6 is 23.1 Å². The van der Waals surface area contributed by atoms with Crippen molar-refractivity contribution >= 4 is 34.8 Å². The summed E-state index contributed by atoms with van der Waals surface area (Å²) in [6.45, 7) is 3.71. The van der Waals surface area contributed by atoms with Gasteiger partial charge in [-0.3, -0.25) is 4.79 Å². The number of aromatic nitrogens is 5. The molecule has 3 rings (SSSR count). The van der Waals surface area contributed by atoms with Gasteiger partial charge in [0.25, 0.3) is 5.78 Å². The molecule has 0 atom stereocenters. The van der Waals surface area contributed by atoms with Gasteiger partial charge in [-0.1, -0.05) is 0 Å². The Morgan fingerprint density at radius 2 is 2.24 bits per heavy atom. The first-order valence-electron chi connectivity index (χ1n) is 6.06. The van der Waals surface area contributed by atoms with Crippen molar-refractivity contribution in [1.82, 2.24) is 24.6 Å². The normalized spacial score (nSPS) is 11.1. The van der Waals surface area contributed by atoms with Crippen LogP contribution in [0.5, 0.6) is 0 Å². The Hall–Kier alpha value is -2.00. The SMILES string of the molecule is Cc1cc(Sc2nc(C)c(CC(=O)O)s2)n2ncnc2n1. The zero-order valence-corrected chi connectivity index (χ0v) is 12.9. The molecule has 0 radical (unpaired) electrons. The maximum absolute atomic E-state index is 10.8. The summed E-state index contributed by atoms with van der Waals surface area (Å²) in [6, 6.07) is 1.90. The first-order valence-corrected chi connectivity index (χ1v) is 7.69. The molecule has 0 aliphatic rings. The number of aryl methyl sites for hydroxylation is 2. The van der Waals surface area contributed by atoms with Crippen LogP contribution in [0.1, 0.15) is 16.3 Å². The van der Waals surface area contributed by atoms with E-state index in [2.05, 4.69) is 20.1 Å². The van der Waals surface area contributed by atoms with Crippen molar-refractivity contribution in [2.75, 3.05) is 0 Å². The molecule has 9 heteroatoms. The number of hydrogen-bond acceptors (Lipinski definition) is 7. The molecule has 0 aliphatic heterocycles. The van der Waals surface area contributed by atoms with Crippen LogP contribution in [0, 0.1) is 13.8 Å². The van der Waals surface area contributed by atoms with Crippen molar-refractivity contribution in [2.24, 2.45) is 0 Å². The molecule has 108 valence electrons. The molecule has 0 bridgehead atoms. The summed E-state index contributed by atoms with van der Waals surface area (Å²) in [5.41, 5.74) is 1.60. The molecular formula is C12H11N5O2S2. The molecule has 0 unspecified atom stereocenters. The summed E-state index contributed by atoms with van der Waals surface area (Å²) in [4.78, 5) is 24.4. The number of rotatable bonds is 4. The highest BCUT2D eigenvalue weighted by molar-refractivity contribution is 8.01. The van der Waals surface area contributed by atoms with Crippen LogP contribution in [0.4, 0.5) is 0 Å². The zero-order valence-electron chi connectivity index (χ0n) is 11.3. The van der Waals surface area contributed by atoms with Crippen molar-refractivity contribution in [3.05, 3.63) is 28.7 Å². The third-order valence-electron chi connectivity index (χ3n) is 2.72. The fourth-order valence-corrected chi connectivity index (χ4v) is 4.12. The quantitative estimate of drug-likeness (QED) is 0.734. The Morgan fingerprint density at radius 1 is 1.43 bits per heavy atom. The lowest BCUT2D eigenvalue weighted by Crippen LogP contribution is -1.99. The maximum Gasteiger partial charge on any atom is 0.308 e. The van der Waals surface area contributed by atoms with E-state index >= 15 is 0 Å². The van der Waals surface area contributed by atoms with Gasteiger partial charge in [0, 0.05) is 10.6 Å². The minimum absolute atomic E-state index is 0.00182. The van der Waals surface area contributed by atoms with E-state index in [9.17, 15) is 4.79 Å². The number of carbonyl (C=O) groups is 1. The fraction of sp³-hybridized carbons (Fsp3) is 0.250. The lowest BCUT2D eigenvalue weighted by molar-refractivity contribution is -0.136. The van der Waals surface area contributed by atoms with Crippen LogP contribution < -0.4 is 0 Å². The summed E-state index contributed by atoms with van der Waals surface area (Å²) in [5.74, 6) is -0.312. The van der Waals surface area contributed by atoms with E-state index in [1.165, 1.54) is 29.4 Å². The molecule has 0 aromatic carbocycles. The number of aliphatic carboxylic acids is 1. The molecule has 3 aromatic heterocycles. The van der Waals surface area contributed by atoms with Crippen LogP contribution in [-0.2, 0) is 11.2 Å². The molecule has 0 saturated carbocycles. The molecule has 0 amide bonds. The second kappa shape index (κ2) is 5.41. The van der Waals surface area contributed by atoms with E-state index in [1.54, 1.807) is 4.52 Å². The summed E-state index contributed by atoms with van der Waals surface area (Å²) in [6.07, 6.45) is 1.45. The largest absolute Gasteiger partial charge is 0.481 e. The van der Waals surface area contributed by atoms with Gasteiger partial charge in [0.2, 0.25) is 0 Å². The summed E-state index contributed by atoms with van der Waals surface area (Å²) >= 11 is 2.82. The predicted molar refractivity (Wildman–Crippen MR) is 77.8 cm³/mol. The van der Waals surface area contributed by atoms with Gasteiger partial charge in [-0.2, -0.15) is 14.6 Å². The monoisotopic (exact) mass is 321 g/mol. The van der Waals surface area contributed by atoms with E-state index < -0.39 is 5.97 Å². The lowest BCUT2D eigenvalue weighted by atomic mass is 10.3. The highest BCUT2D eigenvalue weighted by Crippen LogP contribution is 2.33. The summed E-state index contributed by atoms with van der Waals surface area (Å²) in [7, 11) is 0. The first kappa shape index (κ1) is 14.0. The Kier molecular flexibility index (Phi) is 3.60. The van der Waals surface area contributed by atoms with Gasteiger partial charge in [-0.05, 0) is 31.7 Å². The van der Waals surface area contributed by atoms with Gasteiger partial charge >= 0.3 is 5.97 Å². The molecule has 3 aromatic rings. The van der Waals surface area contributed by atoms with Crippen LogP contribution in [0.25, 0.3) is 5.78 Å². The van der Waals surface area contributed by atoms with E-state index in [0.29, 0.717) is 5.78 Å². The van der Waals surface area contributed by atoms with E-state index in [4.69, 9.17) is 5.11 Å². The average molecular weight is 321 g/mol. The van der Waals surface area contributed by atoms with Gasteiger partial charge in [-0.25, -0.2) is 9.97 Å². The zero-order chi connectivity index (χ0) is 15.0. The van der Waals surface area contributed by atoms with E-state index in [1.807, 2.05) is 19.9 Å². The van der Waals surface area contributed by atoms with Gasteiger partial charge in [0.1, 0.15) is 11.4 Å². The molecule has 0 aliphatic carbocycles. The van der Waals surface area contributed by atoms with E-state index in [0.717, 1.165) is 25.6 Å². The second-order valence-electron chi connectivity index (χ2n) is 4.37. The number of hydrogen-bond donors (Lipinski definition) is 1. The number of fused-ring (bicyclic) bond motifs is 1. The molecule has 7 nitrogen and oxygen atoms in total. The Labute approximate surface area is 128 Å². The van der Waals surface area contributed by atoms with Crippen molar-refractivity contribution < 1.29 is 9.90 Å². The standard InChI is InChI=1S/C12H11N5O2S2/c1-6-3-9(17-11(15-6)13-5-14-17)21-12-16-7(2)8(20-12)4-10(18)19/h3,5H,4H2,1-2H3,(H,18,19). The number of carboxylic acids is 1. The maximum atomic E-state index is 10.8. The fourth-order valence-electron chi connectivity index (χ4n) is 1.81. The smallest absolute Gasteiger partial charge is 0.308 e.